The highest BCUT2D eigenvalue weighted by Crippen LogP contribution is 2.32. The van der Waals surface area contributed by atoms with Gasteiger partial charge in [-0.3, -0.25) is 0 Å². The van der Waals surface area contributed by atoms with Gasteiger partial charge in [-0.15, -0.1) is 4.40 Å². The van der Waals surface area contributed by atoms with Crippen molar-refractivity contribution >= 4 is 39.1 Å². The number of esters is 1. The minimum absolute atomic E-state index is 0.0482. The lowest BCUT2D eigenvalue weighted by Gasteiger charge is -2.25. The van der Waals surface area contributed by atoms with E-state index in [0.29, 0.717) is 16.3 Å². The third-order valence-electron chi connectivity index (χ3n) is 4.65. The van der Waals surface area contributed by atoms with Gasteiger partial charge in [0.2, 0.25) is 0 Å². The first-order valence-corrected chi connectivity index (χ1v) is 11.1. The maximum absolute atomic E-state index is 13.8. The average Bonchev–Trinajstić information content (AvgIpc) is 3.03. The molecule has 158 valence electrons. The van der Waals surface area contributed by atoms with E-state index < -0.39 is 21.8 Å². The first kappa shape index (κ1) is 21.0. The smallest absolute Gasteiger partial charge is 0.341 e. The molecule has 0 fully saturated rings. The van der Waals surface area contributed by atoms with Crippen LogP contribution in [0.5, 0.6) is 0 Å². The number of fused-ring (bicyclic) bond motifs is 1. The molecular formula is C22H16ClFN2O4S. The van der Waals surface area contributed by atoms with Gasteiger partial charge in [0, 0.05) is 5.56 Å². The molecule has 0 unspecified atom stereocenters. The molecule has 3 aromatic rings. The van der Waals surface area contributed by atoms with Gasteiger partial charge >= 0.3 is 5.97 Å². The summed E-state index contributed by atoms with van der Waals surface area (Å²) in [5.41, 5.74) is 0.734. The highest BCUT2D eigenvalue weighted by Gasteiger charge is 2.32. The van der Waals surface area contributed by atoms with Crippen LogP contribution in [-0.2, 0) is 14.8 Å². The Morgan fingerprint density at radius 3 is 2.45 bits per heavy atom. The molecule has 0 radical (unpaired) electrons. The second-order valence-electron chi connectivity index (χ2n) is 6.60. The van der Waals surface area contributed by atoms with Crippen LogP contribution in [-0.4, -0.2) is 33.4 Å². The van der Waals surface area contributed by atoms with Crippen LogP contribution in [0.1, 0.15) is 15.9 Å². The molecule has 31 heavy (non-hydrogen) atoms. The summed E-state index contributed by atoms with van der Waals surface area (Å²) < 4.78 is 48.0. The van der Waals surface area contributed by atoms with E-state index in [0.717, 1.165) is 0 Å². The van der Waals surface area contributed by atoms with E-state index >= 15 is 0 Å². The molecule has 0 aliphatic carbocycles. The number of hydrogen-bond acceptors (Lipinski definition) is 5. The summed E-state index contributed by atoms with van der Waals surface area (Å²) >= 11 is 6.35. The Labute approximate surface area is 183 Å². The first-order chi connectivity index (χ1) is 14.9. The van der Waals surface area contributed by atoms with Gasteiger partial charge in [-0.25, -0.2) is 9.18 Å². The second-order valence-corrected chi connectivity index (χ2v) is 8.58. The van der Waals surface area contributed by atoms with Crippen LogP contribution in [0.3, 0.4) is 0 Å². The summed E-state index contributed by atoms with van der Waals surface area (Å²) in [6.07, 6.45) is 0. The molecule has 0 bridgehead atoms. The lowest BCUT2D eigenvalue weighted by atomic mass is 10.1. The third kappa shape index (κ3) is 4.17. The molecule has 9 heteroatoms. The Balaban J connectivity index is 1.64. The fourth-order valence-electron chi connectivity index (χ4n) is 3.23. The van der Waals surface area contributed by atoms with Crippen LogP contribution in [0.2, 0.25) is 5.02 Å². The van der Waals surface area contributed by atoms with Gasteiger partial charge in [0.25, 0.3) is 10.0 Å². The van der Waals surface area contributed by atoms with E-state index in [1.807, 2.05) is 0 Å². The highest BCUT2D eigenvalue weighted by atomic mass is 35.5. The number of carbonyl (C=O) groups is 1. The van der Waals surface area contributed by atoms with Crippen LogP contribution in [0, 0.1) is 5.82 Å². The lowest BCUT2D eigenvalue weighted by Crippen LogP contribution is -2.34. The van der Waals surface area contributed by atoms with Gasteiger partial charge < -0.3 is 9.64 Å². The molecule has 0 spiro atoms. The quantitative estimate of drug-likeness (QED) is 0.533. The van der Waals surface area contributed by atoms with E-state index in [9.17, 15) is 17.6 Å². The highest BCUT2D eigenvalue weighted by molar-refractivity contribution is 7.90. The number of para-hydroxylation sites is 1. The monoisotopic (exact) mass is 458 g/mol. The Morgan fingerprint density at radius 1 is 1.00 bits per heavy atom. The maximum atomic E-state index is 13.8. The van der Waals surface area contributed by atoms with Crippen LogP contribution >= 0.6 is 11.6 Å². The van der Waals surface area contributed by atoms with Crippen LogP contribution < -0.4 is 4.90 Å². The number of carbonyl (C=O) groups excluding carboxylic acids is 1. The zero-order valence-corrected chi connectivity index (χ0v) is 17.6. The van der Waals surface area contributed by atoms with Crippen molar-refractivity contribution in [2.45, 2.75) is 4.90 Å². The molecule has 1 aliphatic rings. The normalized spacial score (nSPS) is 13.9. The molecule has 0 amide bonds. The standard InChI is InChI=1S/C22H16ClFN2O4S/c23-17-9-3-5-11-19(17)26(13-14-30-22(27)15-7-1-4-10-18(15)24)21-16-8-2-6-12-20(16)31(28,29)25-21/h1-12H,13-14H2. The predicted octanol–water partition coefficient (Wildman–Crippen LogP) is 4.29. The molecule has 4 rings (SSSR count). The molecule has 0 atom stereocenters. The zero-order valence-electron chi connectivity index (χ0n) is 16.0. The van der Waals surface area contributed by atoms with Crippen molar-refractivity contribution in [1.82, 2.24) is 0 Å². The summed E-state index contributed by atoms with van der Waals surface area (Å²) in [5, 5.41) is 0.368. The number of rotatable bonds is 5. The van der Waals surface area contributed by atoms with Gasteiger partial charge in [0.1, 0.15) is 17.3 Å². The predicted molar refractivity (Wildman–Crippen MR) is 116 cm³/mol. The van der Waals surface area contributed by atoms with Crippen molar-refractivity contribution in [2.24, 2.45) is 4.40 Å². The molecule has 0 saturated carbocycles. The molecule has 3 aromatic carbocycles. The van der Waals surface area contributed by atoms with Gasteiger partial charge in [-0.2, -0.15) is 8.42 Å². The van der Waals surface area contributed by atoms with Crippen molar-refractivity contribution in [3.63, 3.8) is 0 Å². The van der Waals surface area contributed by atoms with Gasteiger partial charge in [-0.05, 0) is 36.4 Å². The van der Waals surface area contributed by atoms with Gasteiger partial charge in [0.05, 0.1) is 22.8 Å². The van der Waals surface area contributed by atoms with E-state index in [1.54, 1.807) is 47.4 Å². The number of sulfonamides is 1. The Kier molecular flexibility index (Phi) is 5.75. The minimum Gasteiger partial charge on any atom is -0.460 e. The van der Waals surface area contributed by atoms with E-state index in [-0.39, 0.29) is 29.4 Å². The summed E-state index contributed by atoms with van der Waals surface area (Å²) in [7, 11) is -3.86. The summed E-state index contributed by atoms with van der Waals surface area (Å²) in [4.78, 5) is 13.9. The SMILES string of the molecule is O=C(OCCN(C1=NS(=O)(=O)c2ccccc21)c1ccccc1Cl)c1ccccc1F. The summed E-state index contributed by atoms with van der Waals surface area (Å²) in [6.45, 7) is -0.105. The van der Waals surface area contributed by atoms with E-state index in [2.05, 4.69) is 4.40 Å². The fourth-order valence-corrected chi connectivity index (χ4v) is 4.68. The number of nitrogens with zero attached hydrogens (tertiary/aromatic N) is 2. The zero-order chi connectivity index (χ0) is 22.0. The molecular weight excluding hydrogens is 443 g/mol. The van der Waals surface area contributed by atoms with E-state index in [4.69, 9.17) is 16.3 Å². The third-order valence-corrected chi connectivity index (χ3v) is 6.30. The summed E-state index contributed by atoms with van der Waals surface area (Å²) in [5.74, 6) is -1.33. The number of ether oxygens (including phenoxy) is 1. The fraction of sp³-hybridized carbons (Fsp3) is 0.0909. The van der Waals surface area contributed by atoms with Crippen molar-refractivity contribution < 1.29 is 22.3 Å². The molecule has 1 heterocycles. The van der Waals surface area contributed by atoms with Crippen LogP contribution in [0.25, 0.3) is 0 Å². The van der Waals surface area contributed by atoms with Crippen LogP contribution in [0.15, 0.2) is 82.1 Å². The molecule has 6 nitrogen and oxygen atoms in total. The molecule has 0 aromatic heterocycles. The second kappa shape index (κ2) is 8.49. The molecule has 0 N–H and O–H groups in total. The number of benzene rings is 3. The van der Waals surface area contributed by atoms with Gasteiger partial charge in [0.15, 0.2) is 5.84 Å². The molecule has 1 aliphatic heterocycles. The number of anilines is 1. The Bertz CT molecular complexity index is 1290. The Morgan fingerprint density at radius 2 is 1.68 bits per heavy atom. The van der Waals surface area contributed by atoms with Gasteiger partial charge in [-0.1, -0.05) is 48.0 Å². The molecule has 0 saturated heterocycles. The Hall–Kier alpha value is -3.23. The van der Waals surface area contributed by atoms with E-state index in [1.165, 1.54) is 30.3 Å². The summed E-state index contributed by atoms with van der Waals surface area (Å²) in [6, 6.07) is 18.8. The van der Waals surface area contributed by atoms with Crippen LogP contribution in [0.4, 0.5) is 10.1 Å². The van der Waals surface area contributed by atoms with Crippen molar-refractivity contribution in [2.75, 3.05) is 18.1 Å². The first-order valence-electron chi connectivity index (χ1n) is 9.26. The maximum Gasteiger partial charge on any atom is 0.341 e. The largest absolute Gasteiger partial charge is 0.460 e. The topological polar surface area (TPSA) is 76.0 Å². The lowest BCUT2D eigenvalue weighted by molar-refractivity contribution is 0.0512. The van der Waals surface area contributed by atoms with Crippen molar-refractivity contribution in [1.29, 1.82) is 0 Å². The number of amidine groups is 1. The average molecular weight is 459 g/mol. The number of hydrogen-bond donors (Lipinski definition) is 0. The van der Waals surface area contributed by atoms with Crippen molar-refractivity contribution in [3.8, 4) is 0 Å². The van der Waals surface area contributed by atoms with Crippen molar-refractivity contribution in [3.05, 3.63) is 94.8 Å². The number of halogens is 2. The minimum atomic E-state index is -3.86.